The summed E-state index contributed by atoms with van der Waals surface area (Å²) in [4.78, 5) is 16.1. The minimum atomic E-state index is -0.424. The van der Waals surface area contributed by atoms with Gasteiger partial charge in [-0.1, -0.05) is 56.0 Å². The van der Waals surface area contributed by atoms with Gasteiger partial charge in [0.25, 0.3) is 0 Å². The molecule has 1 saturated carbocycles. The summed E-state index contributed by atoms with van der Waals surface area (Å²) in [6.45, 7) is 8.73. The van der Waals surface area contributed by atoms with Crippen molar-refractivity contribution < 1.29 is 9.53 Å². The van der Waals surface area contributed by atoms with E-state index < -0.39 is 5.41 Å². The van der Waals surface area contributed by atoms with E-state index in [1.54, 1.807) is 0 Å². The molecule has 0 aromatic heterocycles. The third kappa shape index (κ3) is 6.17. The van der Waals surface area contributed by atoms with E-state index in [1.165, 1.54) is 37.9 Å². The second-order valence-corrected chi connectivity index (χ2v) is 10.2. The summed E-state index contributed by atoms with van der Waals surface area (Å²) < 4.78 is 5.96. The third-order valence-corrected chi connectivity index (χ3v) is 7.49. The van der Waals surface area contributed by atoms with Crippen LogP contribution in [0.25, 0.3) is 0 Å². The van der Waals surface area contributed by atoms with Gasteiger partial charge in [-0.05, 0) is 81.3 Å². The summed E-state index contributed by atoms with van der Waals surface area (Å²) >= 11 is 0. The number of rotatable bonds is 8. The van der Waals surface area contributed by atoms with Gasteiger partial charge >= 0.3 is 0 Å². The fourth-order valence-corrected chi connectivity index (χ4v) is 5.53. The van der Waals surface area contributed by atoms with Crippen LogP contribution >= 0.6 is 0 Å². The van der Waals surface area contributed by atoms with Crippen LogP contribution < -0.4 is 10.1 Å². The zero-order valence-corrected chi connectivity index (χ0v) is 20.4. The molecule has 4 heteroatoms. The van der Waals surface area contributed by atoms with Crippen LogP contribution in [-0.2, 0) is 10.2 Å². The molecule has 2 aromatic carbocycles. The molecule has 0 bridgehead atoms. The van der Waals surface area contributed by atoms with Gasteiger partial charge in [-0.3, -0.25) is 4.79 Å². The Morgan fingerprint density at radius 2 is 1.76 bits per heavy atom. The van der Waals surface area contributed by atoms with Gasteiger partial charge in [-0.15, -0.1) is 0 Å². The number of carbonyl (C=O) groups is 1. The van der Waals surface area contributed by atoms with Crippen molar-refractivity contribution in [3.63, 3.8) is 0 Å². The zero-order valence-electron chi connectivity index (χ0n) is 20.4. The predicted octanol–water partition coefficient (Wildman–Crippen LogP) is 6.34. The van der Waals surface area contributed by atoms with E-state index in [4.69, 9.17) is 4.74 Å². The molecule has 1 amide bonds. The van der Waals surface area contributed by atoms with Crippen LogP contribution in [0.5, 0.6) is 5.75 Å². The van der Waals surface area contributed by atoms with Crippen LogP contribution in [0.2, 0.25) is 0 Å². The summed E-state index contributed by atoms with van der Waals surface area (Å²) in [6.07, 6.45) is 8.98. The number of nitrogens with zero attached hydrogens (tertiary/aromatic N) is 1. The first kappa shape index (κ1) is 23.8. The number of aryl methyl sites for hydroxylation is 1. The summed E-state index contributed by atoms with van der Waals surface area (Å²) in [5.74, 6) is 1.81. The van der Waals surface area contributed by atoms with E-state index in [9.17, 15) is 4.79 Å². The lowest BCUT2D eigenvalue weighted by molar-refractivity contribution is -0.122. The standard InChI is InChI=1S/C29H40N2O2/c1-23-9-11-25(12-10-23)29(17-4-3-5-18-29)28(32)30-26-13-15-27(16-14-26)33-21-7-20-31-19-6-8-24(2)22-31/h9-16,24H,3-8,17-22H2,1-2H3,(H,30,32)/t24-/m1/s1. The average Bonchev–Trinajstić information content (AvgIpc) is 2.84. The van der Waals surface area contributed by atoms with Crippen molar-refractivity contribution in [1.82, 2.24) is 4.90 Å². The quantitative estimate of drug-likeness (QED) is 0.479. The van der Waals surface area contributed by atoms with Gasteiger partial charge in [-0.25, -0.2) is 0 Å². The summed E-state index contributed by atoms with van der Waals surface area (Å²) in [5.41, 5.74) is 2.79. The molecule has 1 aliphatic carbocycles. The number of carbonyl (C=O) groups excluding carboxylic acids is 1. The van der Waals surface area contributed by atoms with Crippen molar-refractivity contribution in [1.29, 1.82) is 0 Å². The molecule has 4 rings (SSSR count). The predicted molar refractivity (Wildman–Crippen MR) is 136 cm³/mol. The van der Waals surface area contributed by atoms with Gasteiger partial charge in [0.1, 0.15) is 5.75 Å². The highest BCUT2D eigenvalue weighted by molar-refractivity contribution is 5.99. The van der Waals surface area contributed by atoms with Crippen molar-refractivity contribution in [2.75, 3.05) is 31.6 Å². The molecule has 2 fully saturated rings. The van der Waals surface area contributed by atoms with Crippen molar-refractivity contribution in [3.05, 3.63) is 59.7 Å². The maximum Gasteiger partial charge on any atom is 0.235 e. The van der Waals surface area contributed by atoms with Crippen LogP contribution in [0.1, 0.15) is 69.4 Å². The minimum Gasteiger partial charge on any atom is -0.494 e. The number of benzene rings is 2. The Balaban J connectivity index is 1.31. The third-order valence-electron chi connectivity index (χ3n) is 7.49. The topological polar surface area (TPSA) is 41.6 Å². The molecule has 1 atom stereocenters. The highest BCUT2D eigenvalue weighted by Crippen LogP contribution is 2.40. The maximum absolute atomic E-state index is 13.5. The Labute approximate surface area is 199 Å². The Kier molecular flexibility index (Phi) is 8.08. The lowest BCUT2D eigenvalue weighted by atomic mass is 9.68. The fourth-order valence-electron chi connectivity index (χ4n) is 5.53. The number of nitrogens with one attached hydrogen (secondary N) is 1. The van der Waals surface area contributed by atoms with E-state index in [0.29, 0.717) is 0 Å². The molecular weight excluding hydrogens is 408 g/mol. The molecule has 1 saturated heterocycles. The first-order valence-corrected chi connectivity index (χ1v) is 12.9. The molecule has 0 spiro atoms. The van der Waals surface area contributed by atoms with E-state index in [2.05, 4.69) is 48.3 Å². The Hall–Kier alpha value is -2.33. The molecule has 1 heterocycles. The molecule has 0 unspecified atom stereocenters. The second kappa shape index (κ2) is 11.2. The second-order valence-electron chi connectivity index (χ2n) is 10.2. The Morgan fingerprint density at radius 1 is 1.03 bits per heavy atom. The van der Waals surface area contributed by atoms with Crippen LogP contribution in [0.3, 0.4) is 0 Å². The Bertz CT molecular complexity index is 885. The van der Waals surface area contributed by atoms with Gasteiger partial charge in [0.05, 0.1) is 12.0 Å². The van der Waals surface area contributed by atoms with Crippen LogP contribution in [0.4, 0.5) is 5.69 Å². The number of ether oxygens (including phenoxy) is 1. The summed E-state index contributed by atoms with van der Waals surface area (Å²) in [7, 11) is 0. The van der Waals surface area contributed by atoms with Crippen molar-refractivity contribution in [2.45, 2.75) is 70.6 Å². The SMILES string of the molecule is Cc1ccc(C2(C(=O)Nc3ccc(OCCCN4CCC[C@@H](C)C4)cc3)CCCCC2)cc1. The highest BCUT2D eigenvalue weighted by Gasteiger charge is 2.41. The number of hydrogen-bond acceptors (Lipinski definition) is 3. The highest BCUT2D eigenvalue weighted by atomic mass is 16.5. The van der Waals surface area contributed by atoms with Crippen molar-refractivity contribution in [3.8, 4) is 5.75 Å². The summed E-state index contributed by atoms with van der Waals surface area (Å²) in [5, 5.41) is 3.21. The minimum absolute atomic E-state index is 0.121. The molecule has 1 N–H and O–H groups in total. The number of likely N-dealkylation sites (tertiary alicyclic amines) is 1. The maximum atomic E-state index is 13.5. The largest absolute Gasteiger partial charge is 0.494 e. The lowest BCUT2D eigenvalue weighted by Crippen LogP contribution is -2.42. The molecule has 178 valence electrons. The van der Waals surface area contributed by atoms with Gasteiger partial charge in [0, 0.05) is 18.8 Å². The molecule has 33 heavy (non-hydrogen) atoms. The van der Waals surface area contributed by atoms with Gasteiger partial charge in [0.2, 0.25) is 5.91 Å². The first-order chi connectivity index (χ1) is 16.0. The van der Waals surface area contributed by atoms with Crippen molar-refractivity contribution in [2.24, 2.45) is 5.92 Å². The van der Waals surface area contributed by atoms with Gasteiger partial charge in [-0.2, -0.15) is 0 Å². The molecule has 2 aliphatic rings. The van der Waals surface area contributed by atoms with Gasteiger partial charge in [0.15, 0.2) is 0 Å². The average molecular weight is 449 g/mol. The van der Waals surface area contributed by atoms with E-state index in [-0.39, 0.29) is 5.91 Å². The smallest absolute Gasteiger partial charge is 0.235 e. The zero-order chi connectivity index (χ0) is 23.1. The normalized spacial score (nSPS) is 20.8. The number of anilines is 1. The van der Waals surface area contributed by atoms with E-state index in [1.807, 2.05) is 24.3 Å². The fraction of sp³-hybridized carbons (Fsp3) is 0.552. The number of hydrogen-bond donors (Lipinski definition) is 1. The molecule has 4 nitrogen and oxygen atoms in total. The Morgan fingerprint density at radius 3 is 2.45 bits per heavy atom. The first-order valence-electron chi connectivity index (χ1n) is 12.9. The van der Waals surface area contributed by atoms with Crippen LogP contribution in [-0.4, -0.2) is 37.0 Å². The van der Waals surface area contributed by atoms with E-state index >= 15 is 0 Å². The summed E-state index contributed by atoms with van der Waals surface area (Å²) in [6, 6.07) is 16.4. The number of amides is 1. The number of piperidine rings is 1. The van der Waals surface area contributed by atoms with Crippen LogP contribution in [0.15, 0.2) is 48.5 Å². The molecule has 2 aromatic rings. The molecular formula is C29H40N2O2. The molecule has 1 aliphatic heterocycles. The van der Waals surface area contributed by atoms with E-state index in [0.717, 1.165) is 68.2 Å². The molecule has 0 radical (unpaired) electrons. The monoisotopic (exact) mass is 448 g/mol. The lowest BCUT2D eigenvalue weighted by Gasteiger charge is -2.36. The van der Waals surface area contributed by atoms with Crippen molar-refractivity contribution >= 4 is 11.6 Å². The van der Waals surface area contributed by atoms with Crippen LogP contribution in [0, 0.1) is 12.8 Å². The van der Waals surface area contributed by atoms with Gasteiger partial charge < -0.3 is 15.0 Å².